The summed E-state index contributed by atoms with van der Waals surface area (Å²) in [7, 11) is 0. The molecule has 0 unspecified atom stereocenters. The Labute approximate surface area is 96.1 Å². The van der Waals surface area contributed by atoms with E-state index < -0.39 is 18.3 Å². The quantitative estimate of drug-likeness (QED) is 0.895. The van der Waals surface area contributed by atoms with Crippen molar-refractivity contribution >= 4 is 11.6 Å². The topological polar surface area (TPSA) is 35.2 Å². The summed E-state index contributed by atoms with van der Waals surface area (Å²) < 4.78 is 42.9. The summed E-state index contributed by atoms with van der Waals surface area (Å²) in [6.07, 6.45) is -2.77. The van der Waals surface area contributed by atoms with Crippen molar-refractivity contribution in [3.05, 3.63) is 28.5 Å². The molecule has 0 radical (unpaired) electrons. The van der Waals surface area contributed by atoms with E-state index >= 15 is 0 Å². The highest BCUT2D eigenvalue weighted by Gasteiger charge is 2.21. The fourth-order valence-electron chi connectivity index (χ4n) is 1.20. The van der Waals surface area contributed by atoms with E-state index in [9.17, 15) is 13.2 Å². The van der Waals surface area contributed by atoms with Gasteiger partial charge in [0.25, 0.3) is 6.43 Å². The van der Waals surface area contributed by atoms with Crippen LogP contribution in [0, 0.1) is 5.82 Å². The fraction of sp³-hybridized carbons (Fsp3) is 0.400. The Hall–Kier alpha value is -0.940. The van der Waals surface area contributed by atoms with Crippen LogP contribution in [0.25, 0.3) is 0 Å². The lowest BCUT2D eigenvalue weighted by molar-refractivity contribution is 0.116. The second-order valence-electron chi connectivity index (χ2n) is 3.11. The van der Waals surface area contributed by atoms with Gasteiger partial charge in [0.2, 0.25) is 0 Å². The monoisotopic (exact) mass is 253 g/mol. The summed E-state index contributed by atoms with van der Waals surface area (Å²) in [5.74, 6) is -0.935. The number of rotatable bonds is 4. The Morgan fingerprint density at radius 3 is 2.50 bits per heavy atom. The van der Waals surface area contributed by atoms with Gasteiger partial charge in [0.05, 0.1) is 17.7 Å². The lowest BCUT2D eigenvalue weighted by Crippen LogP contribution is -2.19. The Morgan fingerprint density at radius 2 is 2.06 bits per heavy atom. The summed E-state index contributed by atoms with van der Waals surface area (Å²) in [6.45, 7) is 1.89. The van der Waals surface area contributed by atoms with Crippen molar-refractivity contribution < 1.29 is 17.9 Å². The van der Waals surface area contributed by atoms with Crippen LogP contribution < -0.4 is 10.5 Å². The van der Waals surface area contributed by atoms with Crippen LogP contribution in [0.15, 0.2) is 12.1 Å². The molecule has 0 fully saturated rings. The lowest BCUT2D eigenvalue weighted by Gasteiger charge is -2.13. The molecule has 0 aliphatic rings. The molecule has 0 aliphatic heterocycles. The van der Waals surface area contributed by atoms with Gasteiger partial charge in [-0.25, -0.2) is 13.2 Å². The molecule has 0 saturated heterocycles. The van der Waals surface area contributed by atoms with Gasteiger partial charge in [-0.3, -0.25) is 0 Å². The van der Waals surface area contributed by atoms with Crippen molar-refractivity contribution in [3.8, 4) is 5.75 Å². The van der Waals surface area contributed by atoms with Crippen molar-refractivity contribution in [2.45, 2.75) is 19.4 Å². The Bertz CT molecular complexity index is 350. The molecular formula is C10H11ClF3NO. The molecule has 1 atom stereocenters. The number of hydrogen-bond acceptors (Lipinski definition) is 2. The maximum atomic E-state index is 13.4. The second kappa shape index (κ2) is 5.41. The standard InChI is InChI=1S/C10H11ClF3NO/c1-2-16-9-6(11)3-5(4-7(9)12)8(15)10(13)14/h3-4,8,10H,2,15H2,1H3/t8-/m1/s1. The first kappa shape index (κ1) is 13.1. The normalized spacial score (nSPS) is 12.9. The van der Waals surface area contributed by atoms with E-state index in [-0.39, 0.29) is 22.9 Å². The van der Waals surface area contributed by atoms with Crippen LogP contribution in [0.4, 0.5) is 13.2 Å². The highest BCUT2D eigenvalue weighted by atomic mass is 35.5. The highest BCUT2D eigenvalue weighted by Crippen LogP contribution is 2.32. The number of alkyl halides is 2. The zero-order valence-electron chi connectivity index (χ0n) is 8.51. The van der Waals surface area contributed by atoms with Crippen molar-refractivity contribution in [1.82, 2.24) is 0 Å². The summed E-state index contributed by atoms with van der Waals surface area (Å²) in [6, 6.07) is 0.544. The molecule has 1 aromatic carbocycles. The third kappa shape index (κ3) is 2.80. The van der Waals surface area contributed by atoms with Gasteiger partial charge in [-0.2, -0.15) is 0 Å². The van der Waals surface area contributed by atoms with Crippen molar-refractivity contribution in [2.24, 2.45) is 5.73 Å². The van der Waals surface area contributed by atoms with E-state index in [1.54, 1.807) is 6.92 Å². The molecule has 0 spiro atoms. The van der Waals surface area contributed by atoms with Gasteiger partial charge in [-0.05, 0) is 24.6 Å². The van der Waals surface area contributed by atoms with E-state index in [0.29, 0.717) is 0 Å². The number of hydrogen-bond donors (Lipinski definition) is 1. The third-order valence-corrected chi connectivity index (χ3v) is 2.25. The van der Waals surface area contributed by atoms with E-state index in [4.69, 9.17) is 22.1 Å². The maximum Gasteiger partial charge on any atom is 0.257 e. The van der Waals surface area contributed by atoms with Crippen LogP contribution in [0.2, 0.25) is 5.02 Å². The summed E-state index contributed by atoms with van der Waals surface area (Å²) in [4.78, 5) is 0. The zero-order chi connectivity index (χ0) is 12.3. The van der Waals surface area contributed by atoms with Crippen molar-refractivity contribution in [2.75, 3.05) is 6.61 Å². The second-order valence-corrected chi connectivity index (χ2v) is 3.51. The van der Waals surface area contributed by atoms with Gasteiger partial charge >= 0.3 is 0 Å². The molecule has 2 N–H and O–H groups in total. The summed E-state index contributed by atoms with van der Waals surface area (Å²) >= 11 is 5.70. The van der Waals surface area contributed by atoms with Crippen LogP contribution >= 0.6 is 11.6 Å². The Balaban J connectivity index is 3.09. The van der Waals surface area contributed by atoms with Gasteiger partial charge in [0.1, 0.15) is 0 Å². The van der Waals surface area contributed by atoms with Crippen LogP contribution in [0.5, 0.6) is 5.75 Å². The average Bonchev–Trinajstić information content (AvgIpc) is 2.21. The van der Waals surface area contributed by atoms with Gasteiger partial charge < -0.3 is 10.5 Å². The van der Waals surface area contributed by atoms with E-state index in [2.05, 4.69) is 0 Å². The minimum absolute atomic E-state index is 0.0547. The first-order chi connectivity index (χ1) is 7.47. The van der Waals surface area contributed by atoms with Crippen LogP contribution in [0.1, 0.15) is 18.5 Å². The molecule has 16 heavy (non-hydrogen) atoms. The van der Waals surface area contributed by atoms with Gasteiger partial charge in [0, 0.05) is 0 Å². The smallest absolute Gasteiger partial charge is 0.257 e. The number of benzene rings is 1. The number of ether oxygens (including phenoxy) is 1. The third-order valence-electron chi connectivity index (χ3n) is 1.97. The molecule has 0 saturated carbocycles. The fourth-order valence-corrected chi connectivity index (χ4v) is 1.47. The lowest BCUT2D eigenvalue weighted by atomic mass is 10.1. The molecule has 0 amide bonds. The van der Waals surface area contributed by atoms with Gasteiger partial charge in [0.15, 0.2) is 11.6 Å². The van der Waals surface area contributed by atoms with Crippen molar-refractivity contribution in [1.29, 1.82) is 0 Å². The minimum atomic E-state index is -2.77. The average molecular weight is 254 g/mol. The number of halogens is 4. The summed E-state index contributed by atoms with van der Waals surface area (Å²) in [5.41, 5.74) is 5.13. The Morgan fingerprint density at radius 1 is 1.44 bits per heavy atom. The van der Waals surface area contributed by atoms with Gasteiger partial charge in [-0.1, -0.05) is 11.6 Å². The first-order valence-electron chi connectivity index (χ1n) is 4.62. The minimum Gasteiger partial charge on any atom is -0.489 e. The molecule has 2 nitrogen and oxygen atoms in total. The largest absolute Gasteiger partial charge is 0.489 e. The molecule has 1 aromatic rings. The molecule has 0 aliphatic carbocycles. The highest BCUT2D eigenvalue weighted by molar-refractivity contribution is 6.32. The zero-order valence-corrected chi connectivity index (χ0v) is 9.27. The predicted molar refractivity (Wildman–Crippen MR) is 55.5 cm³/mol. The molecular weight excluding hydrogens is 243 g/mol. The number of nitrogens with two attached hydrogens (primary N) is 1. The predicted octanol–water partition coefficient (Wildman–Crippen LogP) is 3.14. The summed E-state index contributed by atoms with van der Waals surface area (Å²) in [5, 5.41) is -0.0621. The van der Waals surface area contributed by atoms with Crippen molar-refractivity contribution in [3.63, 3.8) is 0 Å². The van der Waals surface area contributed by atoms with Crippen LogP contribution in [-0.2, 0) is 0 Å². The molecule has 90 valence electrons. The Kier molecular flexibility index (Phi) is 4.44. The molecule has 6 heteroatoms. The molecule has 0 heterocycles. The maximum absolute atomic E-state index is 13.4. The van der Waals surface area contributed by atoms with Gasteiger partial charge in [-0.15, -0.1) is 0 Å². The van der Waals surface area contributed by atoms with E-state index in [1.807, 2.05) is 0 Å². The SMILES string of the molecule is CCOc1c(F)cc([C@@H](N)C(F)F)cc1Cl. The molecule has 0 aromatic heterocycles. The van der Waals surface area contributed by atoms with Crippen LogP contribution in [0.3, 0.4) is 0 Å². The molecule has 0 bridgehead atoms. The van der Waals surface area contributed by atoms with E-state index in [1.165, 1.54) is 6.07 Å². The molecule has 1 rings (SSSR count). The van der Waals surface area contributed by atoms with Crippen LogP contribution in [-0.4, -0.2) is 13.0 Å². The van der Waals surface area contributed by atoms with E-state index in [0.717, 1.165) is 6.07 Å². The first-order valence-corrected chi connectivity index (χ1v) is 5.00.